The standard InChI is InChI=1S/C19H23N7O/c1-24(15-16-14-22-26(23-16)17-6-3-2-4-7-17)18(27)19(8-11-20-12-9-19)25-13-5-10-21-25/h2-7,10,13-14,20H,8-9,11-12,15H2,1H3. The Morgan fingerprint density at radius 2 is 1.96 bits per heavy atom. The third kappa shape index (κ3) is 3.35. The van der Waals surface area contributed by atoms with Gasteiger partial charge in [-0.3, -0.25) is 9.48 Å². The second kappa shape index (κ2) is 7.32. The summed E-state index contributed by atoms with van der Waals surface area (Å²) in [5.41, 5.74) is 1.00. The number of likely N-dealkylation sites (N-methyl/N-ethyl adjacent to an activating group) is 1. The highest BCUT2D eigenvalue weighted by Crippen LogP contribution is 2.29. The lowest BCUT2D eigenvalue weighted by atomic mass is 9.87. The molecule has 1 aliphatic heterocycles. The first-order chi connectivity index (χ1) is 13.2. The summed E-state index contributed by atoms with van der Waals surface area (Å²) in [7, 11) is 1.82. The van der Waals surface area contributed by atoms with E-state index in [-0.39, 0.29) is 5.91 Å². The Morgan fingerprint density at radius 3 is 2.67 bits per heavy atom. The highest BCUT2D eigenvalue weighted by Gasteiger charge is 2.43. The van der Waals surface area contributed by atoms with Gasteiger partial charge in [0.2, 0.25) is 0 Å². The van der Waals surface area contributed by atoms with Crippen LogP contribution in [-0.4, -0.2) is 55.7 Å². The minimum atomic E-state index is -0.640. The molecule has 1 aromatic carbocycles. The molecule has 3 heterocycles. The zero-order valence-corrected chi connectivity index (χ0v) is 15.3. The first-order valence-electron chi connectivity index (χ1n) is 9.12. The Morgan fingerprint density at radius 1 is 1.19 bits per heavy atom. The molecule has 3 aromatic rings. The van der Waals surface area contributed by atoms with Gasteiger partial charge in [0.25, 0.3) is 5.91 Å². The van der Waals surface area contributed by atoms with E-state index in [1.807, 2.05) is 54.3 Å². The minimum Gasteiger partial charge on any atom is -0.338 e. The highest BCUT2D eigenvalue weighted by molar-refractivity contribution is 5.84. The molecule has 1 fully saturated rings. The fourth-order valence-corrected chi connectivity index (χ4v) is 3.63. The molecule has 8 heteroatoms. The number of rotatable bonds is 5. The van der Waals surface area contributed by atoms with Gasteiger partial charge in [-0.2, -0.15) is 20.1 Å². The van der Waals surface area contributed by atoms with Crippen LogP contribution < -0.4 is 5.32 Å². The van der Waals surface area contributed by atoms with Gasteiger partial charge >= 0.3 is 0 Å². The second-order valence-corrected chi connectivity index (χ2v) is 6.85. The zero-order valence-electron chi connectivity index (χ0n) is 15.3. The fourth-order valence-electron chi connectivity index (χ4n) is 3.63. The van der Waals surface area contributed by atoms with Gasteiger partial charge in [-0.05, 0) is 44.1 Å². The van der Waals surface area contributed by atoms with Crippen molar-refractivity contribution in [3.8, 4) is 5.69 Å². The molecule has 0 saturated carbocycles. The number of aromatic nitrogens is 5. The van der Waals surface area contributed by atoms with E-state index in [1.54, 1.807) is 22.1 Å². The van der Waals surface area contributed by atoms with Crippen LogP contribution in [0.2, 0.25) is 0 Å². The van der Waals surface area contributed by atoms with E-state index in [1.165, 1.54) is 0 Å². The van der Waals surface area contributed by atoms with Gasteiger partial charge < -0.3 is 10.2 Å². The van der Waals surface area contributed by atoms with E-state index in [2.05, 4.69) is 20.6 Å². The van der Waals surface area contributed by atoms with Crippen molar-refractivity contribution in [1.29, 1.82) is 0 Å². The number of benzene rings is 1. The summed E-state index contributed by atoms with van der Waals surface area (Å²) in [6.07, 6.45) is 6.74. The summed E-state index contributed by atoms with van der Waals surface area (Å²) in [6.45, 7) is 2.00. The van der Waals surface area contributed by atoms with Crippen molar-refractivity contribution >= 4 is 5.91 Å². The fraction of sp³-hybridized carbons (Fsp3) is 0.368. The number of hydrogen-bond acceptors (Lipinski definition) is 5. The first-order valence-corrected chi connectivity index (χ1v) is 9.12. The lowest BCUT2D eigenvalue weighted by molar-refractivity contribution is -0.142. The van der Waals surface area contributed by atoms with Crippen molar-refractivity contribution in [3.63, 3.8) is 0 Å². The second-order valence-electron chi connectivity index (χ2n) is 6.85. The summed E-state index contributed by atoms with van der Waals surface area (Å²) < 4.78 is 1.81. The summed E-state index contributed by atoms with van der Waals surface area (Å²) in [5, 5.41) is 16.5. The number of piperidine rings is 1. The topological polar surface area (TPSA) is 80.9 Å². The summed E-state index contributed by atoms with van der Waals surface area (Å²) >= 11 is 0. The van der Waals surface area contributed by atoms with Crippen molar-refractivity contribution in [2.45, 2.75) is 24.9 Å². The maximum Gasteiger partial charge on any atom is 0.250 e. The molecular formula is C19H23N7O. The molecule has 27 heavy (non-hydrogen) atoms. The number of nitrogens with zero attached hydrogens (tertiary/aromatic N) is 6. The average Bonchev–Trinajstić information content (AvgIpc) is 3.41. The van der Waals surface area contributed by atoms with E-state index >= 15 is 0 Å². The van der Waals surface area contributed by atoms with Crippen molar-refractivity contribution in [3.05, 3.63) is 60.7 Å². The molecule has 0 aliphatic carbocycles. The molecule has 1 saturated heterocycles. The molecular weight excluding hydrogens is 342 g/mol. The molecule has 0 atom stereocenters. The van der Waals surface area contributed by atoms with Crippen LogP contribution in [0.3, 0.4) is 0 Å². The number of para-hydroxylation sites is 1. The lowest BCUT2D eigenvalue weighted by Gasteiger charge is -2.39. The lowest BCUT2D eigenvalue weighted by Crippen LogP contribution is -2.54. The third-order valence-electron chi connectivity index (χ3n) is 5.04. The van der Waals surface area contributed by atoms with Gasteiger partial charge in [0, 0.05) is 19.4 Å². The number of hydrogen-bond donors (Lipinski definition) is 1. The van der Waals surface area contributed by atoms with Crippen LogP contribution in [0, 0.1) is 0 Å². The predicted molar refractivity (Wildman–Crippen MR) is 100 cm³/mol. The van der Waals surface area contributed by atoms with Gasteiger partial charge in [-0.15, -0.1) is 0 Å². The maximum atomic E-state index is 13.4. The molecule has 0 unspecified atom stereocenters. The molecule has 2 aromatic heterocycles. The van der Waals surface area contributed by atoms with Gasteiger partial charge in [0.15, 0.2) is 0 Å². The van der Waals surface area contributed by atoms with Crippen LogP contribution >= 0.6 is 0 Å². The molecule has 1 aliphatic rings. The van der Waals surface area contributed by atoms with Crippen molar-refractivity contribution in [1.82, 2.24) is 35.0 Å². The molecule has 4 rings (SSSR count). The summed E-state index contributed by atoms with van der Waals surface area (Å²) in [6, 6.07) is 11.6. The third-order valence-corrected chi connectivity index (χ3v) is 5.04. The Labute approximate surface area is 157 Å². The molecule has 0 bridgehead atoms. The number of nitrogens with one attached hydrogen (secondary N) is 1. The monoisotopic (exact) mass is 365 g/mol. The van der Waals surface area contributed by atoms with Crippen molar-refractivity contribution in [2.24, 2.45) is 0 Å². The largest absolute Gasteiger partial charge is 0.338 e. The molecule has 8 nitrogen and oxygen atoms in total. The normalized spacial score (nSPS) is 16.2. The van der Waals surface area contributed by atoms with E-state index in [0.29, 0.717) is 19.4 Å². The highest BCUT2D eigenvalue weighted by atomic mass is 16.2. The minimum absolute atomic E-state index is 0.0574. The number of carbonyl (C=O) groups excluding carboxylic acids is 1. The number of carbonyl (C=O) groups is 1. The number of amides is 1. The van der Waals surface area contributed by atoms with Crippen LogP contribution in [0.1, 0.15) is 18.5 Å². The molecule has 0 radical (unpaired) electrons. The summed E-state index contributed by atoms with van der Waals surface area (Å²) in [5.74, 6) is 0.0574. The van der Waals surface area contributed by atoms with E-state index < -0.39 is 5.54 Å². The summed E-state index contributed by atoms with van der Waals surface area (Å²) in [4.78, 5) is 16.7. The van der Waals surface area contributed by atoms with Crippen LogP contribution in [-0.2, 0) is 16.9 Å². The van der Waals surface area contributed by atoms with E-state index in [4.69, 9.17) is 0 Å². The Hall–Kier alpha value is -3.00. The van der Waals surface area contributed by atoms with Crippen LogP contribution in [0.4, 0.5) is 0 Å². The maximum absolute atomic E-state index is 13.4. The Bertz CT molecular complexity index is 882. The Balaban J connectivity index is 1.53. The first kappa shape index (κ1) is 17.4. The van der Waals surface area contributed by atoms with E-state index in [0.717, 1.165) is 24.5 Å². The van der Waals surface area contributed by atoms with Gasteiger partial charge in [0.05, 0.1) is 18.4 Å². The molecule has 1 amide bonds. The van der Waals surface area contributed by atoms with Crippen molar-refractivity contribution in [2.75, 3.05) is 20.1 Å². The quantitative estimate of drug-likeness (QED) is 0.735. The molecule has 0 spiro atoms. The van der Waals surface area contributed by atoms with Crippen LogP contribution in [0.5, 0.6) is 0 Å². The zero-order chi connectivity index (χ0) is 18.7. The van der Waals surface area contributed by atoms with E-state index in [9.17, 15) is 4.79 Å². The average molecular weight is 365 g/mol. The van der Waals surface area contributed by atoms with Gasteiger partial charge in [-0.25, -0.2) is 0 Å². The van der Waals surface area contributed by atoms with Crippen molar-refractivity contribution < 1.29 is 4.79 Å². The molecule has 140 valence electrons. The smallest absolute Gasteiger partial charge is 0.250 e. The SMILES string of the molecule is CN(Cc1cnn(-c2ccccc2)n1)C(=O)C1(n2cccn2)CCNCC1. The predicted octanol–water partition coefficient (Wildman–Crippen LogP) is 1.20. The Kier molecular flexibility index (Phi) is 4.72. The molecule has 1 N–H and O–H groups in total. The van der Waals surface area contributed by atoms with Crippen LogP contribution in [0.25, 0.3) is 5.69 Å². The van der Waals surface area contributed by atoms with Gasteiger partial charge in [0.1, 0.15) is 11.2 Å². The van der Waals surface area contributed by atoms with Gasteiger partial charge in [-0.1, -0.05) is 18.2 Å². The van der Waals surface area contributed by atoms with Crippen LogP contribution in [0.15, 0.2) is 55.0 Å².